The Morgan fingerprint density at radius 3 is 2.63 bits per heavy atom. The Balaban J connectivity index is 1.87. The molecule has 0 radical (unpaired) electrons. The van der Waals surface area contributed by atoms with Gasteiger partial charge in [-0.05, 0) is 39.3 Å². The van der Waals surface area contributed by atoms with E-state index in [2.05, 4.69) is 27.1 Å². The second-order valence-corrected chi connectivity index (χ2v) is 9.86. The van der Waals surface area contributed by atoms with Crippen LogP contribution in [0.25, 0.3) is 0 Å². The molecule has 1 unspecified atom stereocenters. The number of hydrogen-bond acceptors (Lipinski definition) is 7. The standard InChI is InChI=1S/C21H30N4O3S2/c1-16(26)22-18-14-29-15-21(18)30(27)17-5-6-19(25-9-7-24(4)8-10-25)20(13-17)28-12-11-23(2)3/h5-6,13-15H,7-12H2,1-4H3,(H,22,26). The van der Waals surface area contributed by atoms with Crippen LogP contribution in [0.5, 0.6) is 5.75 Å². The first kappa shape index (κ1) is 22.7. The van der Waals surface area contributed by atoms with Gasteiger partial charge in [-0.2, -0.15) is 0 Å². The molecule has 1 N–H and O–H groups in total. The number of hydrogen-bond donors (Lipinski definition) is 1. The first-order valence-corrected chi connectivity index (χ1v) is 12.0. The Labute approximate surface area is 185 Å². The van der Waals surface area contributed by atoms with Gasteiger partial charge in [0.15, 0.2) is 0 Å². The maximum Gasteiger partial charge on any atom is 0.221 e. The predicted octanol–water partition coefficient (Wildman–Crippen LogP) is 2.57. The van der Waals surface area contributed by atoms with E-state index >= 15 is 0 Å². The lowest BCUT2D eigenvalue weighted by atomic mass is 10.2. The molecule has 1 atom stereocenters. The molecular formula is C21H30N4O3S2. The van der Waals surface area contributed by atoms with Crippen LogP contribution in [0.4, 0.5) is 11.4 Å². The molecule has 0 saturated carbocycles. The van der Waals surface area contributed by atoms with E-state index in [0.29, 0.717) is 22.1 Å². The van der Waals surface area contributed by atoms with Crippen LogP contribution in [0.3, 0.4) is 0 Å². The average Bonchev–Trinajstić information content (AvgIpc) is 3.15. The summed E-state index contributed by atoms with van der Waals surface area (Å²) >= 11 is 1.42. The van der Waals surface area contributed by atoms with Crippen molar-refractivity contribution >= 4 is 39.4 Å². The number of thiophene rings is 1. The number of piperazine rings is 1. The molecule has 1 aromatic carbocycles. The van der Waals surface area contributed by atoms with Crippen LogP contribution in [0.1, 0.15) is 6.92 Å². The minimum absolute atomic E-state index is 0.176. The fraction of sp³-hybridized carbons (Fsp3) is 0.476. The molecule has 1 amide bonds. The van der Waals surface area contributed by atoms with E-state index < -0.39 is 10.8 Å². The van der Waals surface area contributed by atoms with Gasteiger partial charge >= 0.3 is 0 Å². The van der Waals surface area contributed by atoms with Gasteiger partial charge in [-0.15, -0.1) is 11.3 Å². The Hall–Kier alpha value is -1.94. The molecule has 0 aliphatic carbocycles. The van der Waals surface area contributed by atoms with E-state index in [1.165, 1.54) is 18.3 Å². The smallest absolute Gasteiger partial charge is 0.221 e. The number of nitrogens with one attached hydrogen (secondary N) is 1. The van der Waals surface area contributed by atoms with Crippen LogP contribution in [0, 0.1) is 0 Å². The number of rotatable bonds is 8. The third-order valence-corrected chi connectivity index (χ3v) is 7.23. The topological polar surface area (TPSA) is 65.1 Å². The van der Waals surface area contributed by atoms with Crippen molar-refractivity contribution < 1.29 is 13.7 Å². The molecule has 2 heterocycles. The molecule has 7 nitrogen and oxygen atoms in total. The lowest BCUT2D eigenvalue weighted by molar-refractivity contribution is -0.114. The highest BCUT2D eigenvalue weighted by atomic mass is 32.2. The molecule has 9 heteroatoms. The lowest BCUT2D eigenvalue weighted by Gasteiger charge is -2.35. The molecule has 1 fully saturated rings. The van der Waals surface area contributed by atoms with Crippen molar-refractivity contribution in [2.75, 3.05) is 70.7 Å². The van der Waals surface area contributed by atoms with Crippen molar-refractivity contribution in [2.24, 2.45) is 0 Å². The van der Waals surface area contributed by atoms with E-state index in [-0.39, 0.29) is 5.91 Å². The van der Waals surface area contributed by atoms with E-state index in [1.807, 2.05) is 43.1 Å². The van der Waals surface area contributed by atoms with Gasteiger partial charge < -0.3 is 24.8 Å². The van der Waals surface area contributed by atoms with Gasteiger partial charge in [0.1, 0.15) is 12.4 Å². The normalized spacial score (nSPS) is 16.0. The highest BCUT2D eigenvalue weighted by Gasteiger charge is 2.21. The fourth-order valence-corrected chi connectivity index (χ4v) is 5.41. The number of benzene rings is 1. The van der Waals surface area contributed by atoms with Crippen LogP contribution in [0.2, 0.25) is 0 Å². The summed E-state index contributed by atoms with van der Waals surface area (Å²) in [5, 5.41) is 6.39. The molecule has 164 valence electrons. The number of carbonyl (C=O) groups excluding carboxylic acids is 1. The average molecular weight is 451 g/mol. The minimum Gasteiger partial charge on any atom is -0.490 e. The van der Waals surface area contributed by atoms with Crippen molar-refractivity contribution in [2.45, 2.75) is 16.7 Å². The zero-order valence-electron chi connectivity index (χ0n) is 18.0. The summed E-state index contributed by atoms with van der Waals surface area (Å²) in [6.07, 6.45) is 0. The molecule has 1 aliphatic heterocycles. The number of carbonyl (C=O) groups is 1. The van der Waals surface area contributed by atoms with E-state index in [1.54, 1.807) is 0 Å². The Morgan fingerprint density at radius 1 is 1.23 bits per heavy atom. The number of anilines is 2. The van der Waals surface area contributed by atoms with Crippen LogP contribution in [-0.2, 0) is 15.6 Å². The third-order valence-electron chi connectivity index (χ3n) is 4.92. The molecule has 1 aromatic heterocycles. The molecule has 1 aliphatic rings. The summed E-state index contributed by atoms with van der Waals surface area (Å²) in [7, 11) is 4.74. The summed E-state index contributed by atoms with van der Waals surface area (Å²) in [4.78, 5) is 19.4. The van der Waals surface area contributed by atoms with Crippen molar-refractivity contribution in [3.8, 4) is 5.75 Å². The summed E-state index contributed by atoms with van der Waals surface area (Å²) in [5.74, 6) is 0.577. The second-order valence-electron chi connectivity index (χ2n) is 7.67. The largest absolute Gasteiger partial charge is 0.490 e. The number of nitrogens with zero attached hydrogens (tertiary/aromatic N) is 3. The van der Waals surface area contributed by atoms with Gasteiger partial charge in [0.25, 0.3) is 0 Å². The number of amides is 1. The van der Waals surface area contributed by atoms with Crippen LogP contribution < -0.4 is 15.0 Å². The summed E-state index contributed by atoms with van der Waals surface area (Å²) in [6, 6.07) is 5.79. The maximum atomic E-state index is 13.3. The van der Waals surface area contributed by atoms with Gasteiger partial charge in [-0.3, -0.25) is 4.79 Å². The minimum atomic E-state index is -1.41. The highest BCUT2D eigenvalue weighted by molar-refractivity contribution is 7.85. The number of ether oxygens (including phenoxy) is 1. The summed E-state index contributed by atoms with van der Waals surface area (Å²) < 4.78 is 19.4. The molecule has 2 aromatic rings. The van der Waals surface area contributed by atoms with Crippen molar-refractivity contribution in [1.29, 1.82) is 0 Å². The lowest BCUT2D eigenvalue weighted by Crippen LogP contribution is -2.44. The predicted molar refractivity (Wildman–Crippen MR) is 123 cm³/mol. The maximum absolute atomic E-state index is 13.3. The molecule has 3 rings (SSSR count). The van der Waals surface area contributed by atoms with E-state index in [0.717, 1.165) is 44.2 Å². The fourth-order valence-electron chi connectivity index (χ4n) is 3.21. The second kappa shape index (κ2) is 10.4. The van der Waals surface area contributed by atoms with Gasteiger partial charge in [0, 0.05) is 55.3 Å². The number of likely N-dealkylation sites (N-methyl/N-ethyl adjacent to an activating group) is 2. The molecule has 0 bridgehead atoms. The van der Waals surface area contributed by atoms with E-state index in [4.69, 9.17) is 4.74 Å². The van der Waals surface area contributed by atoms with Crippen molar-refractivity contribution in [3.63, 3.8) is 0 Å². The monoisotopic (exact) mass is 450 g/mol. The Morgan fingerprint density at radius 2 is 1.97 bits per heavy atom. The Kier molecular flexibility index (Phi) is 7.87. The molecule has 30 heavy (non-hydrogen) atoms. The van der Waals surface area contributed by atoms with Crippen molar-refractivity contribution in [1.82, 2.24) is 9.80 Å². The van der Waals surface area contributed by atoms with Crippen LogP contribution in [0.15, 0.2) is 38.8 Å². The molecule has 0 spiro atoms. The van der Waals surface area contributed by atoms with Gasteiger partial charge in [-0.25, -0.2) is 4.21 Å². The summed E-state index contributed by atoms with van der Waals surface area (Å²) in [5.41, 5.74) is 1.64. The quantitative estimate of drug-likeness (QED) is 0.667. The summed E-state index contributed by atoms with van der Waals surface area (Å²) in [6.45, 7) is 6.66. The van der Waals surface area contributed by atoms with Crippen molar-refractivity contribution in [3.05, 3.63) is 29.0 Å². The zero-order chi connectivity index (χ0) is 21.7. The first-order valence-electron chi connectivity index (χ1n) is 9.96. The van der Waals surface area contributed by atoms with Crippen LogP contribution in [-0.4, -0.2) is 80.4 Å². The highest BCUT2D eigenvalue weighted by Crippen LogP contribution is 2.35. The van der Waals surface area contributed by atoms with Gasteiger partial charge in [-0.1, -0.05) is 0 Å². The van der Waals surface area contributed by atoms with Crippen LogP contribution >= 0.6 is 11.3 Å². The van der Waals surface area contributed by atoms with Gasteiger partial charge in [0.2, 0.25) is 5.91 Å². The third kappa shape index (κ3) is 5.81. The molecular weight excluding hydrogens is 420 g/mol. The van der Waals surface area contributed by atoms with E-state index in [9.17, 15) is 9.00 Å². The molecule has 1 saturated heterocycles. The first-order chi connectivity index (χ1) is 14.3. The SMILES string of the molecule is CC(=O)Nc1cscc1S(=O)c1ccc(N2CCN(C)CC2)c(OCCN(C)C)c1. The zero-order valence-corrected chi connectivity index (χ0v) is 19.6. The Bertz CT molecular complexity index is 892. The van der Waals surface area contributed by atoms with Gasteiger partial charge in [0.05, 0.1) is 27.1 Å².